The van der Waals surface area contributed by atoms with Crippen LogP contribution in [0.2, 0.25) is 0 Å². The summed E-state index contributed by atoms with van der Waals surface area (Å²) in [4.78, 5) is 23.0. The summed E-state index contributed by atoms with van der Waals surface area (Å²) >= 11 is 0. The van der Waals surface area contributed by atoms with E-state index in [-0.39, 0.29) is 12.8 Å². The lowest BCUT2D eigenvalue weighted by Gasteiger charge is -2.28. The third-order valence-electron chi connectivity index (χ3n) is 2.77. The Balaban J connectivity index is 5.31. The van der Waals surface area contributed by atoms with E-state index in [4.69, 9.17) is 0 Å². The molecular formula is C12H19F3O5. The van der Waals surface area contributed by atoms with Crippen LogP contribution in [0.1, 0.15) is 40.5 Å². The van der Waals surface area contributed by atoms with Gasteiger partial charge in [-0.25, -0.2) is 9.59 Å². The maximum atomic E-state index is 12.9. The molecule has 0 aliphatic rings. The predicted octanol–water partition coefficient (Wildman–Crippen LogP) is 1.96. The average Bonchev–Trinajstić information content (AvgIpc) is 2.35. The molecule has 0 heterocycles. The van der Waals surface area contributed by atoms with Crippen LogP contribution in [0.5, 0.6) is 0 Å². The lowest BCUT2D eigenvalue weighted by atomic mass is 10.0. The zero-order valence-corrected chi connectivity index (χ0v) is 11.8. The van der Waals surface area contributed by atoms with Crippen molar-refractivity contribution in [2.45, 2.75) is 64.5 Å². The van der Waals surface area contributed by atoms with Gasteiger partial charge in [0.05, 0.1) is 12.2 Å². The van der Waals surface area contributed by atoms with E-state index in [0.717, 1.165) is 0 Å². The highest BCUT2D eigenvalue weighted by atomic mass is 19.4. The molecule has 2 atom stereocenters. The van der Waals surface area contributed by atoms with Gasteiger partial charge in [0.15, 0.2) is 0 Å². The van der Waals surface area contributed by atoms with Gasteiger partial charge in [-0.1, -0.05) is 13.8 Å². The van der Waals surface area contributed by atoms with Crippen LogP contribution in [-0.2, 0) is 19.1 Å². The lowest BCUT2D eigenvalue weighted by Crippen LogP contribution is -2.60. The van der Waals surface area contributed by atoms with Crippen molar-refractivity contribution in [3.63, 3.8) is 0 Å². The molecule has 0 aromatic carbocycles. The highest BCUT2D eigenvalue weighted by Gasteiger charge is 2.68. The van der Waals surface area contributed by atoms with Gasteiger partial charge in [-0.2, -0.15) is 13.2 Å². The monoisotopic (exact) mass is 300 g/mol. The Labute approximate surface area is 115 Å². The van der Waals surface area contributed by atoms with E-state index in [2.05, 4.69) is 9.47 Å². The summed E-state index contributed by atoms with van der Waals surface area (Å²) in [6, 6.07) is 0. The molecular weight excluding hydrogens is 281 g/mol. The zero-order chi connectivity index (χ0) is 16.1. The fourth-order valence-corrected chi connectivity index (χ4v) is 1.02. The number of aliphatic hydroxyl groups is 1. The van der Waals surface area contributed by atoms with E-state index in [9.17, 15) is 27.9 Å². The second kappa shape index (κ2) is 6.92. The molecule has 118 valence electrons. The molecule has 0 saturated carbocycles. The number of hydrogen-bond acceptors (Lipinski definition) is 5. The Bertz CT molecular complexity index is 329. The molecule has 0 fully saturated rings. The largest absolute Gasteiger partial charge is 0.460 e. The highest BCUT2D eigenvalue weighted by Crippen LogP contribution is 2.33. The summed E-state index contributed by atoms with van der Waals surface area (Å²) in [6.45, 7) is 5.83. The second-order valence-electron chi connectivity index (χ2n) is 4.46. The van der Waals surface area contributed by atoms with E-state index >= 15 is 0 Å². The van der Waals surface area contributed by atoms with Gasteiger partial charge in [0.1, 0.15) is 0 Å². The van der Waals surface area contributed by atoms with E-state index in [0.29, 0.717) is 0 Å². The van der Waals surface area contributed by atoms with Crippen LogP contribution in [0.3, 0.4) is 0 Å². The van der Waals surface area contributed by atoms with Crippen LogP contribution in [0.4, 0.5) is 13.2 Å². The summed E-state index contributed by atoms with van der Waals surface area (Å²) in [5.74, 6) is -4.15. The predicted molar refractivity (Wildman–Crippen MR) is 62.7 cm³/mol. The van der Waals surface area contributed by atoms with Crippen molar-refractivity contribution in [1.29, 1.82) is 0 Å². The SMILES string of the molecule is CCC(C)OC(=O)C(O)(C(=O)OC(C)CC)C(F)(F)F. The van der Waals surface area contributed by atoms with Gasteiger partial charge in [0.2, 0.25) is 0 Å². The minimum atomic E-state index is -5.53. The van der Waals surface area contributed by atoms with Crippen molar-refractivity contribution >= 4 is 11.9 Å². The Morgan fingerprint density at radius 2 is 1.30 bits per heavy atom. The van der Waals surface area contributed by atoms with Crippen molar-refractivity contribution in [2.75, 3.05) is 0 Å². The normalized spacial score (nSPS) is 17.8. The third-order valence-corrected chi connectivity index (χ3v) is 2.77. The maximum Gasteiger partial charge on any atom is 0.439 e. The molecule has 1 N–H and O–H groups in total. The maximum absolute atomic E-state index is 12.9. The van der Waals surface area contributed by atoms with Crippen LogP contribution in [0.25, 0.3) is 0 Å². The first-order valence-corrected chi connectivity index (χ1v) is 6.21. The van der Waals surface area contributed by atoms with Crippen LogP contribution >= 0.6 is 0 Å². The summed E-state index contributed by atoms with van der Waals surface area (Å²) in [5, 5.41) is 9.50. The van der Waals surface area contributed by atoms with Gasteiger partial charge in [-0.05, 0) is 26.7 Å². The van der Waals surface area contributed by atoms with E-state index in [1.165, 1.54) is 13.8 Å². The molecule has 0 amide bonds. The zero-order valence-electron chi connectivity index (χ0n) is 11.8. The molecule has 2 unspecified atom stereocenters. The number of carbonyl (C=O) groups excluding carboxylic acids is 2. The fraction of sp³-hybridized carbons (Fsp3) is 0.833. The van der Waals surface area contributed by atoms with E-state index in [1.807, 2.05) is 0 Å². The molecule has 0 aromatic heterocycles. The minimum absolute atomic E-state index is 0.236. The first-order chi connectivity index (χ1) is 9.00. The Morgan fingerprint density at radius 1 is 1.00 bits per heavy atom. The molecule has 0 aliphatic carbocycles. The first-order valence-electron chi connectivity index (χ1n) is 6.21. The van der Waals surface area contributed by atoms with Gasteiger partial charge in [0.25, 0.3) is 0 Å². The minimum Gasteiger partial charge on any atom is -0.460 e. The number of ether oxygens (including phenoxy) is 2. The number of carbonyl (C=O) groups is 2. The number of hydrogen-bond donors (Lipinski definition) is 1. The summed E-state index contributed by atoms with van der Waals surface area (Å²) < 4.78 is 47.4. The molecule has 0 bridgehead atoms. The number of alkyl halides is 3. The summed E-state index contributed by atoms with van der Waals surface area (Å²) in [6.07, 6.45) is -6.79. The molecule has 0 radical (unpaired) electrons. The number of rotatable bonds is 6. The average molecular weight is 300 g/mol. The first kappa shape index (κ1) is 18.7. The quantitative estimate of drug-likeness (QED) is 0.599. The number of halogens is 3. The van der Waals surface area contributed by atoms with Gasteiger partial charge in [0, 0.05) is 0 Å². The molecule has 0 spiro atoms. The van der Waals surface area contributed by atoms with Crippen molar-refractivity contribution in [3.05, 3.63) is 0 Å². The molecule has 0 rings (SSSR count). The van der Waals surface area contributed by atoms with Gasteiger partial charge < -0.3 is 14.6 Å². The molecule has 5 nitrogen and oxygen atoms in total. The Kier molecular flexibility index (Phi) is 6.46. The van der Waals surface area contributed by atoms with E-state index < -0.39 is 35.9 Å². The van der Waals surface area contributed by atoms with Gasteiger partial charge in [-0.15, -0.1) is 0 Å². The van der Waals surface area contributed by atoms with Crippen LogP contribution < -0.4 is 0 Å². The van der Waals surface area contributed by atoms with Crippen molar-refractivity contribution in [3.8, 4) is 0 Å². The molecule has 0 saturated heterocycles. The number of esters is 2. The molecule has 20 heavy (non-hydrogen) atoms. The smallest absolute Gasteiger partial charge is 0.439 e. The fourth-order valence-electron chi connectivity index (χ4n) is 1.02. The topological polar surface area (TPSA) is 72.8 Å². The van der Waals surface area contributed by atoms with Gasteiger partial charge in [-0.3, -0.25) is 0 Å². The highest BCUT2D eigenvalue weighted by molar-refractivity contribution is 6.04. The summed E-state index contributed by atoms with van der Waals surface area (Å²) in [7, 11) is 0. The van der Waals surface area contributed by atoms with Crippen molar-refractivity contribution in [1.82, 2.24) is 0 Å². The van der Waals surface area contributed by atoms with Crippen molar-refractivity contribution < 1.29 is 37.3 Å². The lowest BCUT2D eigenvalue weighted by molar-refractivity contribution is -0.267. The molecule has 0 aromatic rings. The van der Waals surface area contributed by atoms with Gasteiger partial charge >= 0.3 is 23.7 Å². The Morgan fingerprint density at radius 3 is 1.50 bits per heavy atom. The second-order valence-corrected chi connectivity index (χ2v) is 4.46. The van der Waals surface area contributed by atoms with Crippen LogP contribution in [-0.4, -0.2) is 41.0 Å². The van der Waals surface area contributed by atoms with Crippen LogP contribution in [0.15, 0.2) is 0 Å². The van der Waals surface area contributed by atoms with Crippen LogP contribution in [0, 0.1) is 0 Å². The standard InChI is InChI=1S/C12H19F3O5/c1-5-7(3)19-9(16)11(18,12(13,14)15)10(17)20-8(4)6-2/h7-8,18H,5-6H2,1-4H3. The van der Waals surface area contributed by atoms with Crippen molar-refractivity contribution in [2.24, 2.45) is 0 Å². The molecule has 0 aliphatic heterocycles. The summed E-state index contributed by atoms with van der Waals surface area (Å²) in [5.41, 5.74) is -4.31. The third kappa shape index (κ3) is 4.09. The van der Waals surface area contributed by atoms with E-state index in [1.54, 1.807) is 13.8 Å². The Hall–Kier alpha value is -1.31. The molecule has 8 heteroatoms.